The van der Waals surface area contributed by atoms with Gasteiger partial charge in [0.15, 0.2) is 0 Å². The zero-order valence-corrected chi connectivity index (χ0v) is 10.2. The van der Waals surface area contributed by atoms with Crippen molar-refractivity contribution in [3.63, 3.8) is 0 Å². The van der Waals surface area contributed by atoms with Gasteiger partial charge < -0.3 is 9.30 Å². The number of halogens is 1. The van der Waals surface area contributed by atoms with Crippen LogP contribution in [0.1, 0.15) is 30.3 Å². The number of aromatic nitrogens is 2. The van der Waals surface area contributed by atoms with E-state index in [-0.39, 0.29) is 0 Å². The van der Waals surface area contributed by atoms with Crippen LogP contribution in [0.4, 0.5) is 0 Å². The highest BCUT2D eigenvalue weighted by molar-refractivity contribution is 9.10. The third kappa shape index (κ3) is 1.73. The lowest BCUT2D eigenvalue weighted by atomic mass is 9.99. The van der Waals surface area contributed by atoms with Gasteiger partial charge in [0.05, 0.1) is 0 Å². The van der Waals surface area contributed by atoms with Crippen LogP contribution in [-0.4, -0.2) is 22.8 Å². The molecule has 0 aliphatic carbocycles. The van der Waals surface area contributed by atoms with Gasteiger partial charge in [0.2, 0.25) is 0 Å². The average Bonchev–Trinajstić information content (AvgIpc) is 2.47. The normalized spacial score (nSPS) is 18.8. The third-order valence-electron chi connectivity index (χ3n) is 2.94. The summed E-state index contributed by atoms with van der Waals surface area (Å²) in [7, 11) is 2.08. The van der Waals surface area contributed by atoms with Gasteiger partial charge in [-0.1, -0.05) is 0 Å². The highest BCUT2D eigenvalue weighted by Crippen LogP contribution is 2.28. The van der Waals surface area contributed by atoms with Crippen LogP contribution in [0.2, 0.25) is 0 Å². The molecule has 1 aliphatic heterocycles. The maximum Gasteiger partial charge on any atom is 0.127 e. The van der Waals surface area contributed by atoms with Crippen LogP contribution < -0.4 is 0 Å². The highest BCUT2D eigenvalue weighted by Gasteiger charge is 2.21. The summed E-state index contributed by atoms with van der Waals surface area (Å²) in [5, 5.41) is 0. The molecule has 0 radical (unpaired) electrons. The van der Waals surface area contributed by atoms with Crippen LogP contribution in [0.15, 0.2) is 4.60 Å². The van der Waals surface area contributed by atoms with Crippen LogP contribution in [0.3, 0.4) is 0 Å². The monoisotopic (exact) mass is 258 g/mol. The van der Waals surface area contributed by atoms with Gasteiger partial charge in [-0.15, -0.1) is 0 Å². The fourth-order valence-corrected chi connectivity index (χ4v) is 2.34. The van der Waals surface area contributed by atoms with Crippen molar-refractivity contribution < 1.29 is 4.74 Å². The third-order valence-corrected chi connectivity index (χ3v) is 3.70. The molecule has 0 N–H and O–H groups in total. The van der Waals surface area contributed by atoms with Gasteiger partial charge in [0.25, 0.3) is 0 Å². The smallest absolute Gasteiger partial charge is 0.127 e. The number of imidazole rings is 1. The molecule has 0 spiro atoms. The van der Waals surface area contributed by atoms with E-state index in [0.29, 0.717) is 5.92 Å². The Labute approximate surface area is 92.6 Å². The average molecular weight is 259 g/mol. The molecule has 0 bridgehead atoms. The Hall–Kier alpha value is -0.350. The lowest BCUT2D eigenvalue weighted by Gasteiger charge is -2.21. The molecular weight excluding hydrogens is 244 g/mol. The zero-order chi connectivity index (χ0) is 10.1. The lowest BCUT2D eigenvalue weighted by Crippen LogP contribution is -2.17. The van der Waals surface area contributed by atoms with Crippen molar-refractivity contribution in [2.75, 3.05) is 13.2 Å². The Kier molecular flexibility index (Phi) is 2.93. The van der Waals surface area contributed by atoms with Crippen LogP contribution in [0.25, 0.3) is 0 Å². The quantitative estimate of drug-likeness (QED) is 0.774. The highest BCUT2D eigenvalue weighted by atomic mass is 79.9. The Bertz CT molecular complexity index is 329. The molecule has 0 amide bonds. The molecule has 1 aliphatic rings. The van der Waals surface area contributed by atoms with Crippen molar-refractivity contribution in [2.24, 2.45) is 7.05 Å². The summed E-state index contributed by atoms with van der Waals surface area (Å²) in [6, 6.07) is 0. The first-order valence-corrected chi connectivity index (χ1v) is 5.76. The van der Waals surface area contributed by atoms with E-state index in [1.54, 1.807) is 0 Å². The SMILES string of the molecule is Cc1c(Br)nc(C2CCOCC2)n1C. The summed E-state index contributed by atoms with van der Waals surface area (Å²) in [6.07, 6.45) is 2.19. The summed E-state index contributed by atoms with van der Waals surface area (Å²) >= 11 is 3.47. The standard InChI is InChI=1S/C10H15BrN2O/c1-7-9(11)12-10(13(7)2)8-3-5-14-6-4-8/h8H,3-6H2,1-2H3. The van der Waals surface area contributed by atoms with E-state index < -0.39 is 0 Å². The topological polar surface area (TPSA) is 27.1 Å². The number of ether oxygens (including phenoxy) is 1. The number of hydrogen-bond donors (Lipinski definition) is 0. The minimum atomic E-state index is 0.568. The summed E-state index contributed by atoms with van der Waals surface area (Å²) in [5.41, 5.74) is 1.20. The molecule has 0 atom stereocenters. The molecule has 2 heterocycles. The Balaban J connectivity index is 2.26. The largest absolute Gasteiger partial charge is 0.381 e. The lowest BCUT2D eigenvalue weighted by molar-refractivity contribution is 0.0830. The van der Waals surface area contributed by atoms with E-state index in [9.17, 15) is 0 Å². The molecule has 0 aromatic carbocycles. The number of rotatable bonds is 1. The first-order valence-electron chi connectivity index (χ1n) is 4.96. The molecule has 1 fully saturated rings. The van der Waals surface area contributed by atoms with Gasteiger partial charge >= 0.3 is 0 Å². The van der Waals surface area contributed by atoms with E-state index in [1.165, 1.54) is 11.5 Å². The minimum absolute atomic E-state index is 0.568. The van der Waals surface area contributed by atoms with E-state index in [0.717, 1.165) is 30.7 Å². The van der Waals surface area contributed by atoms with Crippen LogP contribution >= 0.6 is 15.9 Å². The molecule has 3 nitrogen and oxygen atoms in total. The summed E-state index contributed by atoms with van der Waals surface area (Å²) < 4.78 is 8.50. The van der Waals surface area contributed by atoms with E-state index in [1.807, 2.05) is 0 Å². The fraction of sp³-hybridized carbons (Fsp3) is 0.700. The summed E-state index contributed by atoms with van der Waals surface area (Å²) in [6.45, 7) is 3.82. The van der Waals surface area contributed by atoms with Crippen molar-refractivity contribution in [1.29, 1.82) is 0 Å². The molecule has 2 rings (SSSR count). The van der Waals surface area contributed by atoms with Gasteiger partial charge in [-0.2, -0.15) is 0 Å². The predicted octanol–water partition coefficient (Wildman–Crippen LogP) is 2.39. The van der Waals surface area contributed by atoms with Gasteiger partial charge in [0, 0.05) is 31.9 Å². The molecule has 14 heavy (non-hydrogen) atoms. The number of hydrogen-bond acceptors (Lipinski definition) is 2. The summed E-state index contributed by atoms with van der Waals surface area (Å²) in [4.78, 5) is 4.56. The van der Waals surface area contributed by atoms with Gasteiger partial charge in [-0.3, -0.25) is 0 Å². The van der Waals surface area contributed by atoms with Crippen molar-refractivity contribution in [3.05, 3.63) is 16.1 Å². The van der Waals surface area contributed by atoms with Gasteiger partial charge in [0.1, 0.15) is 10.4 Å². The summed E-state index contributed by atoms with van der Waals surface area (Å²) in [5.74, 6) is 1.76. The Morgan fingerprint density at radius 2 is 2.07 bits per heavy atom. The molecule has 1 aromatic rings. The molecule has 1 saturated heterocycles. The molecule has 0 saturated carbocycles. The van der Waals surface area contributed by atoms with Crippen molar-refractivity contribution in [3.8, 4) is 0 Å². The van der Waals surface area contributed by atoms with E-state index in [2.05, 4.69) is 39.5 Å². The van der Waals surface area contributed by atoms with Crippen LogP contribution in [0, 0.1) is 6.92 Å². The van der Waals surface area contributed by atoms with E-state index in [4.69, 9.17) is 4.74 Å². The van der Waals surface area contributed by atoms with Crippen LogP contribution in [0.5, 0.6) is 0 Å². The Morgan fingerprint density at radius 3 is 2.57 bits per heavy atom. The molecule has 0 unspecified atom stereocenters. The second-order valence-corrected chi connectivity index (χ2v) is 4.54. The molecule has 1 aromatic heterocycles. The second kappa shape index (κ2) is 4.03. The Morgan fingerprint density at radius 1 is 1.43 bits per heavy atom. The maximum atomic E-state index is 5.35. The van der Waals surface area contributed by atoms with Crippen molar-refractivity contribution >= 4 is 15.9 Å². The molecule has 78 valence electrons. The fourth-order valence-electron chi connectivity index (χ4n) is 1.89. The molecular formula is C10H15BrN2O. The van der Waals surface area contributed by atoms with Crippen molar-refractivity contribution in [1.82, 2.24) is 9.55 Å². The second-order valence-electron chi connectivity index (χ2n) is 3.79. The van der Waals surface area contributed by atoms with Gasteiger partial charge in [-0.25, -0.2) is 4.98 Å². The van der Waals surface area contributed by atoms with E-state index >= 15 is 0 Å². The predicted molar refractivity (Wildman–Crippen MR) is 58.4 cm³/mol. The first-order chi connectivity index (χ1) is 6.70. The minimum Gasteiger partial charge on any atom is -0.381 e. The van der Waals surface area contributed by atoms with Gasteiger partial charge in [-0.05, 0) is 35.7 Å². The molecule has 4 heteroatoms. The first kappa shape index (κ1) is 10.2. The zero-order valence-electron chi connectivity index (χ0n) is 8.59. The van der Waals surface area contributed by atoms with Crippen molar-refractivity contribution in [2.45, 2.75) is 25.7 Å². The number of nitrogens with zero attached hydrogens (tertiary/aromatic N) is 2. The maximum absolute atomic E-state index is 5.35. The van der Waals surface area contributed by atoms with Crippen LogP contribution in [-0.2, 0) is 11.8 Å².